The minimum absolute atomic E-state index is 0.0792. The van der Waals surface area contributed by atoms with Gasteiger partial charge in [0.25, 0.3) is 0 Å². The summed E-state index contributed by atoms with van der Waals surface area (Å²) in [5.41, 5.74) is 0.172. The van der Waals surface area contributed by atoms with Crippen molar-refractivity contribution in [2.75, 3.05) is 0 Å². The second-order valence-corrected chi connectivity index (χ2v) is 3.90. The molecule has 3 rings (SSSR count). The van der Waals surface area contributed by atoms with E-state index in [9.17, 15) is 13.2 Å². The molecule has 0 saturated carbocycles. The molecule has 0 bridgehead atoms. The SMILES string of the molecule is Fc1cc(F)c(-c2ccc3cnncc3n2)c(F)c1. The highest BCUT2D eigenvalue weighted by Gasteiger charge is 2.15. The van der Waals surface area contributed by atoms with Crippen LogP contribution in [0.4, 0.5) is 13.2 Å². The van der Waals surface area contributed by atoms with E-state index in [0.717, 1.165) is 0 Å². The van der Waals surface area contributed by atoms with Gasteiger partial charge in [-0.25, -0.2) is 18.2 Å². The minimum atomic E-state index is -0.994. The second-order valence-electron chi connectivity index (χ2n) is 3.90. The Bertz CT molecular complexity index is 751. The van der Waals surface area contributed by atoms with E-state index in [-0.39, 0.29) is 11.3 Å². The quantitative estimate of drug-likeness (QED) is 0.675. The van der Waals surface area contributed by atoms with Gasteiger partial charge in [-0.1, -0.05) is 0 Å². The van der Waals surface area contributed by atoms with Gasteiger partial charge in [0.15, 0.2) is 0 Å². The van der Waals surface area contributed by atoms with Crippen molar-refractivity contribution in [3.8, 4) is 11.3 Å². The van der Waals surface area contributed by atoms with Crippen molar-refractivity contribution in [1.82, 2.24) is 15.2 Å². The molecule has 3 aromatic rings. The summed E-state index contributed by atoms with van der Waals surface area (Å²) in [6, 6.07) is 4.31. The fourth-order valence-electron chi connectivity index (χ4n) is 1.81. The van der Waals surface area contributed by atoms with Crippen LogP contribution in [0.5, 0.6) is 0 Å². The monoisotopic (exact) mass is 261 g/mol. The Morgan fingerprint density at radius 3 is 2.26 bits per heavy atom. The molecule has 0 atom stereocenters. The van der Waals surface area contributed by atoms with E-state index in [0.29, 0.717) is 23.0 Å². The van der Waals surface area contributed by atoms with Gasteiger partial charge in [-0.2, -0.15) is 10.2 Å². The molecule has 0 unspecified atom stereocenters. The highest BCUT2D eigenvalue weighted by atomic mass is 19.1. The average molecular weight is 261 g/mol. The van der Waals surface area contributed by atoms with Crippen molar-refractivity contribution in [2.45, 2.75) is 0 Å². The first-order valence-electron chi connectivity index (χ1n) is 5.37. The predicted molar refractivity (Wildman–Crippen MR) is 62.6 cm³/mol. The summed E-state index contributed by atoms with van der Waals surface area (Å²) in [6.45, 7) is 0. The zero-order valence-electron chi connectivity index (χ0n) is 9.44. The van der Waals surface area contributed by atoms with Gasteiger partial charge >= 0.3 is 0 Å². The van der Waals surface area contributed by atoms with E-state index in [2.05, 4.69) is 15.2 Å². The molecule has 1 aromatic carbocycles. The number of halogens is 3. The molecule has 0 saturated heterocycles. The van der Waals surface area contributed by atoms with Gasteiger partial charge in [0, 0.05) is 17.5 Å². The normalized spacial score (nSPS) is 10.9. The van der Waals surface area contributed by atoms with Gasteiger partial charge < -0.3 is 0 Å². The number of benzene rings is 1. The van der Waals surface area contributed by atoms with Crippen molar-refractivity contribution < 1.29 is 13.2 Å². The molecule has 2 aromatic heterocycles. The average Bonchev–Trinajstić information content (AvgIpc) is 2.37. The fourth-order valence-corrected chi connectivity index (χ4v) is 1.81. The summed E-state index contributed by atoms with van der Waals surface area (Å²) >= 11 is 0. The highest BCUT2D eigenvalue weighted by molar-refractivity contribution is 5.80. The lowest BCUT2D eigenvalue weighted by atomic mass is 10.1. The second kappa shape index (κ2) is 4.31. The Morgan fingerprint density at radius 1 is 0.842 bits per heavy atom. The summed E-state index contributed by atoms with van der Waals surface area (Å²) in [4.78, 5) is 4.09. The van der Waals surface area contributed by atoms with Crippen LogP contribution in [-0.2, 0) is 0 Å². The van der Waals surface area contributed by atoms with Gasteiger partial charge in [-0.3, -0.25) is 0 Å². The van der Waals surface area contributed by atoms with Crippen LogP contribution < -0.4 is 0 Å². The molecule has 19 heavy (non-hydrogen) atoms. The topological polar surface area (TPSA) is 38.7 Å². The molecule has 6 heteroatoms. The Hall–Kier alpha value is -2.50. The Balaban J connectivity index is 2.25. The number of nitrogens with zero attached hydrogens (tertiary/aromatic N) is 3. The fraction of sp³-hybridized carbons (Fsp3) is 0. The third-order valence-electron chi connectivity index (χ3n) is 2.66. The Kier molecular flexibility index (Phi) is 2.63. The van der Waals surface area contributed by atoms with E-state index < -0.39 is 17.5 Å². The molecular weight excluding hydrogens is 255 g/mol. The third-order valence-corrected chi connectivity index (χ3v) is 2.66. The van der Waals surface area contributed by atoms with Crippen LogP contribution in [0, 0.1) is 17.5 Å². The predicted octanol–water partition coefficient (Wildman–Crippen LogP) is 3.11. The number of hydrogen-bond acceptors (Lipinski definition) is 3. The molecular formula is C13H6F3N3. The Labute approximate surface area is 105 Å². The first kappa shape index (κ1) is 11.6. The van der Waals surface area contributed by atoms with Gasteiger partial charge in [0.2, 0.25) is 0 Å². The number of rotatable bonds is 1. The van der Waals surface area contributed by atoms with Crippen LogP contribution in [0.2, 0.25) is 0 Å². The molecule has 2 heterocycles. The van der Waals surface area contributed by atoms with Gasteiger partial charge in [0.05, 0.1) is 29.2 Å². The first-order valence-corrected chi connectivity index (χ1v) is 5.37. The molecule has 0 radical (unpaired) electrons. The largest absolute Gasteiger partial charge is 0.246 e. The van der Waals surface area contributed by atoms with E-state index in [1.165, 1.54) is 18.5 Å². The zero-order valence-corrected chi connectivity index (χ0v) is 9.44. The van der Waals surface area contributed by atoms with Gasteiger partial charge in [0.1, 0.15) is 17.5 Å². The molecule has 0 spiro atoms. The Morgan fingerprint density at radius 2 is 1.53 bits per heavy atom. The molecule has 0 fully saturated rings. The lowest BCUT2D eigenvalue weighted by Crippen LogP contribution is -1.95. The van der Waals surface area contributed by atoms with Gasteiger partial charge in [-0.15, -0.1) is 0 Å². The van der Waals surface area contributed by atoms with Crippen molar-refractivity contribution >= 4 is 10.9 Å². The standard InChI is InChI=1S/C13H6F3N3/c14-8-3-9(15)13(10(16)4-8)11-2-1-7-5-17-18-6-12(7)19-11/h1-6H. The van der Waals surface area contributed by atoms with Crippen molar-refractivity contribution in [2.24, 2.45) is 0 Å². The molecule has 0 amide bonds. The summed E-state index contributed by atoms with van der Waals surface area (Å²) in [6.07, 6.45) is 2.88. The van der Waals surface area contributed by atoms with E-state index >= 15 is 0 Å². The number of fused-ring (bicyclic) bond motifs is 1. The maximum atomic E-state index is 13.6. The summed E-state index contributed by atoms with van der Waals surface area (Å²) in [5, 5.41) is 8.02. The number of pyridine rings is 1. The third kappa shape index (κ3) is 2.01. The molecule has 3 nitrogen and oxygen atoms in total. The van der Waals surface area contributed by atoms with E-state index in [1.54, 1.807) is 6.07 Å². The molecule has 0 aliphatic carbocycles. The van der Waals surface area contributed by atoms with Crippen LogP contribution in [0.1, 0.15) is 0 Å². The van der Waals surface area contributed by atoms with Crippen LogP contribution in [0.15, 0.2) is 36.7 Å². The van der Waals surface area contributed by atoms with Gasteiger partial charge in [-0.05, 0) is 12.1 Å². The number of aromatic nitrogens is 3. The van der Waals surface area contributed by atoms with Crippen molar-refractivity contribution in [3.63, 3.8) is 0 Å². The van der Waals surface area contributed by atoms with Crippen molar-refractivity contribution in [1.29, 1.82) is 0 Å². The zero-order chi connectivity index (χ0) is 13.4. The molecule has 0 aliphatic heterocycles. The van der Waals surface area contributed by atoms with Crippen LogP contribution in [-0.4, -0.2) is 15.2 Å². The summed E-state index contributed by atoms with van der Waals surface area (Å²) in [7, 11) is 0. The summed E-state index contributed by atoms with van der Waals surface area (Å²) < 4.78 is 40.2. The number of hydrogen-bond donors (Lipinski definition) is 0. The molecule has 94 valence electrons. The van der Waals surface area contributed by atoms with Crippen molar-refractivity contribution in [3.05, 3.63) is 54.1 Å². The lowest BCUT2D eigenvalue weighted by molar-refractivity contribution is 0.547. The molecule has 0 aliphatic rings. The van der Waals surface area contributed by atoms with E-state index in [1.807, 2.05) is 0 Å². The summed E-state index contributed by atoms with van der Waals surface area (Å²) in [5.74, 6) is -2.96. The van der Waals surface area contributed by atoms with Crippen LogP contribution >= 0.6 is 0 Å². The maximum absolute atomic E-state index is 13.6. The lowest BCUT2D eigenvalue weighted by Gasteiger charge is -2.05. The first-order chi connectivity index (χ1) is 9.15. The smallest absolute Gasteiger partial charge is 0.138 e. The molecule has 0 N–H and O–H groups in total. The van der Waals surface area contributed by atoms with Crippen LogP contribution in [0.3, 0.4) is 0 Å². The highest BCUT2D eigenvalue weighted by Crippen LogP contribution is 2.26. The van der Waals surface area contributed by atoms with Crippen LogP contribution in [0.25, 0.3) is 22.2 Å². The van der Waals surface area contributed by atoms with E-state index in [4.69, 9.17) is 0 Å². The minimum Gasteiger partial charge on any atom is -0.246 e. The maximum Gasteiger partial charge on any atom is 0.138 e.